The molecule has 0 radical (unpaired) electrons. The van der Waals surface area contributed by atoms with Crippen molar-refractivity contribution in [2.75, 3.05) is 13.2 Å². The van der Waals surface area contributed by atoms with Crippen LogP contribution in [-0.2, 0) is 16.1 Å². The molecule has 124 valence electrons. The van der Waals surface area contributed by atoms with Crippen LogP contribution >= 0.6 is 12.4 Å². The molecule has 6 heteroatoms. The van der Waals surface area contributed by atoms with Gasteiger partial charge in [0.15, 0.2) is 0 Å². The van der Waals surface area contributed by atoms with Crippen molar-refractivity contribution in [3.8, 4) is 5.75 Å². The van der Waals surface area contributed by atoms with Crippen LogP contribution < -0.4 is 15.4 Å². The lowest BCUT2D eigenvalue weighted by Gasteiger charge is -2.29. The van der Waals surface area contributed by atoms with Crippen LogP contribution in [0.4, 0.5) is 0 Å². The Kier molecular flexibility index (Phi) is 7.65. The minimum atomic E-state index is -0.295. The highest BCUT2D eigenvalue weighted by atomic mass is 35.5. The van der Waals surface area contributed by atoms with Crippen LogP contribution in [0.5, 0.6) is 5.75 Å². The van der Waals surface area contributed by atoms with Crippen molar-refractivity contribution in [1.82, 2.24) is 10.6 Å². The summed E-state index contributed by atoms with van der Waals surface area (Å²) in [5.41, 5.74) is 0.976. The average molecular weight is 329 g/mol. The normalized spacial score (nSPS) is 21.1. The molecule has 1 amide bonds. The highest BCUT2D eigenvalue weighted by Crippen LogP contribution is 2.19. The second kappa shape index (κ2) is 8.98. The summed E-state index contributed by atoms with van der Waals surface area (Å²) >= 11 is 0. The number of morpholine rings is 1. The van der Waals surface area contributed by atoms with Crippen LogP contribution in [0, 0.1) is 0 Å². The van der Waals surface area contributed by atoms with Crippen molar-refractivity contribution in [1.29, 1.82) is 0 Å². The molecule has 0 spiro atoms. The van der Waals surface area contributed by atoms with E-state index >= 15 is 0 Å². The molecule has 1 aromatic carbocycles. The molecule has 2 atom stereocenters. The Morgan fingerprint density at radius 3 is 2.86 bits per heavy atom. The second-order valence-corrected chi connectivity index (χ2v) is 5.50. The molecule has 1 heterocycles. The molecule has 1 saturated heterocycles. The van der Waals surface area contributed by atoms with Crippen LogP contribution in [0.15, 0.2) is 24.3 Å². The Bertz CT molecular complexity index is 482. The lowest BCUT2D eigenvalue weighted by Crippen LogP contribution is -2.55. The number of para-hydroxylation sites is 1. The Morgan fingerprint density at radius 2 is 2.18 bits per heavy atom. The molecule has 1 aliphatic rings. The van der Waals surface area contributed by atoms with Crippen molar-refractivity contribution >= 4 is 18.3 Å². The fourth-order valence-corrected chi connectivity index (χ4v) is 2.34. The van der Waals surface area contributed by atoms with Gasteiger partial charge in [0.1, 0.15) is 11.8 Å². The minimum absolute atomic E-state index is 0. The smallest absolute Gasteiger partial charge is 0.240 e. The van der Waals surface area contributed by atoms with E-state index in [1.165, 1.54) is 0 Å². The van der Waals surface area contributed by atoms with Crippen molar-refractivity contribution in [3.05, 3.63) is 29.8 Å². The first kappa shape index (κ1) is 18.7. The van der Waals surface area contributed by atoms with Crippen LogP contribution in [0.2, 0.25) is 0 Å². The molecule has 0 aliphatic carbocycles. The largest absolute Gasteiger partial charge is 0.491 e. The molecular formula is C16H25ClN2O3. The standard InChI is InChI=1S/C16H24N2O3.ClH/c1-11(2)21-14-7-5-4-6-13(14)10-18-16(19)15-12(3)20-9-8-17-15;/h4-7,11-12,15,17H,8-10H2,1-3H3,(H,18,19);1H/t12-,15+;/m1./s1. The number of carbonyl (C=O) groups is 1. The molecule has 22 heavy (non-hydrogen) atoms. The van der Waals surface area contributed by atoms with Crippen molar-refractivity contribution in [3.63, 3.8) is 0 Å². The number of rotatable bonds is 5. The summed E-state index contributed by atoms with van der Waals surface area (Å²) in [6, 6.07) is 7.47. The van der Waals surface area contributed by atoms with Gasteiger partial charge in [0.05, 0.1) is 18.8 Å². The summed E-state index contributed by atoms with van der Waals surface area (Å²) < 4.78 is 11.2. The molecule has 0 aromatic heterocycles. The first-order valence-electron chi connectivity index (χ1n) is 7.45. The Morgan fingerprint density at radius 1 is 1.45 bits per heavy atom. The maximum Gasteiger partial charge on any atom is 0.240 e. The van der Waals surface area contributed by atoms with Gasteiger partial charge >= 0.3 is 0 Å². The number of carbonyl (C=O) groups excluding carboxylic acids is 1. The summed E-state index contributed by atoms with van der Waals surface area (Å²) in [6.45, 7) is 7.69. The van der Waals surface area contributed by atoms with Gasteiger partial charge in [-0.15, -0.1) is 12.4 Å². The van der Waals surface area contributed by atoms with E-state index in [0.717, 1.165) is 11.3 Å². The number of amides is 1. The van der Waals surface area contributed by atoms with Crippen LogP contribution in [-0.4, -0.2) is 37.3 Å². The molecule has 1 aromatic rings. The molecule has 1 fully saturated rings. The Balaban J connectivity index is 0.00000242. The van der Waals surface area contributed by atoms with E-state index in [0.29, 0.717) is 19.7 Å². The van der Waals surface area contributed by atoms with E-state index in [4.69, 9.17) is 9.47 Å². The summed E-state index contributed by atoms with van der Waals surface area (Å²) in [4.78, 5) is 12.2. The van der Waals surface area contributed by atoms with Gasteiger partial charge in [-0.3, -0.25) is 4.79 Å². The highest BCUT2D eigenvalue weighted by Gasteiger charge is 2.28. The van der Waals surface area contributed by atoms with Gasteiger partial charge in [-0.1, -0.05) is 18.2 Å². The third kappa shape index (κ3) is 5.16. The van der Waals surface area contributed by atoms with Gasteiger partial charge in [-0.25, -0.2) is 0 Å². The topological polar surface area (TPSA) is 59.6 Å². The molecule has 2 rings (SSSR count). The average Bonchev–Trinajstić information content (AvgIpc) is 2.46. The summed E-state index contributed by atoms with van der Waals surface area (Å²) in [5.74, 6) is 0.773. The van der Waals surface area contributed by atoms with Crippen molar-refractivity contribution in [2.45, 2.75) is 45.6 Å². The molecule has 5 nitrogen and oxygen atoms in total. The van der Waals surface area contributed by atoms with E-state index in [1.807, 2.05) is 45.0 Å². The monoisotopic (exact) mass is 328 g/mol. The van der Waals surface area contributed by atoms with Crippen LogP contribution in [0.1, 0.15) is 26.3 Å². The van der Waals surface area contributed by atoms with Gasteiger partial charge in [0.25, 0.3) is 0 Å². The zero-order valence-corrected chi connectivity index (χ0v) is 14.1. The molecule has 0 bridgehead atoms. The molecular weight excluding hydrogens is 304 g/mol. The Hall–Kier alpha value is -1.30. The maximum absolute atomic E-state index is 12.2. The van der Waals surface area contributed by atoms with Gasteiger partial charge in [0.2, 0.25) is 5.91 Å². The van der Waals surface area contributed by atoms with Crippen LogP contribution in [0.25, 0.3) is 0 Å². The van der Waals surface area contributed by atoms with Crippen molar-refractivity contribution in [2.24, 2.45) is 0 Å². The van der Waals surface area contributed by atoms with E-state index in [-0.39, 0.29) is 36.6 Å². The first-order chi connectivity index (χ1) is 10.1. The second-order valence-electron chi connectivity index (χ2n) is 5.50. The van der Waals surface area contributed by atoms with Gasteiger partial charge in [0, 0.05) is 18.7 Å². The lowest BCUT2D eigenvalue weighted by atomic mass is 10.1. The quantitative estimate of drug-likeness (QED) is 0.866. The Labute approximate surface area is 138 Å². The van der Waals surface area contributed by atoms with E-state index < -0.39 is 0 Å². The SMILES string of the molecule is CC(C)Oc1ccccc1CNC(=O)[C@H]1NCCO[C@@H]1C.Cl. The zero-order valence-electron chi connectivity index (χ0n) is 13.3. The van der Waals surface area contributed by atoms with E-state index in [1.54, 1.807) is 0 Å². The minimum Gasteiger partial charge on any atom is -0.491 e. The fraction of sp³-hybridized carbons (Fsp3) is 0.562. The zero-order chi connectivity index (χ0) is 15.2. The lowest BCUT2D eigenvalue weighted by molar-refractivity contribution is -0.129. The van der Waals surface area contributed by atoms with Crippen molar-refractivity contribution < 1.29 is 14.3 Å². The van der Waals surface area contributed by atoms with Gasteiger partial charge in [-0.2, -0.15) is 0 Å². The number of nitrogens with one attached hydrogen (secondary N) is 2. The van der Waals surface area contributed by atoms with Crippen LogP contribution in [0.3, 0.4) is 0 Å². The number of ether oxygens (including phenoxy) is 2. The highest BCUT2D eigenvalue weighted by molar-refractivity contribution is 5.85. The third-order valence-corrected chi connectivity index (χ3v) is 3.39. The van der Waals surface area contributed by atoms with E-state index in [2.05, 4.69) is 10.6 Å². The van der Waals surface area contributed by atoms with Gasteiger partial charge < -0.3 is 20.1 Å². The predicted octanol–water partition coefficient (Wildman–Crippen LogP) is 1.89. The maximum atomic E-state index is 12.2. The number of halogens is 1. The molecule has 0 unspecified atom stereocenters. The fourth-order valence-electron chi connectivity index (χ4n) is 2.34. The third-order valence-electron chi connectivity index (χ3n) is 3.39. The number of hydrogen-bond acceptors (Lipinski definition) is 4. The summed E-state index contributed by atoms with van der Waals surface area (Å²) in [6.07, 6.45) is -0.00353. The first-order valence-corrected chi connectivity index (χ1v) is 7.45. The summed E-state index contributed by atoms with van der Waals surface area (Å²) in [5, 5.41) is 6.13. The molecule has 1 aliphatic heterocycles. The summed E-state index contributed by atoms with van der Waals surface area (Å²) in [7, 11) is 0. The predicted molar refractivity (Wildman–Crippen MR) is 88.5 cm³/mol. The van der Waals surface area contributed by atoms with E-state index in [9.17, 15) is 4.79 Å². The van der Waals surface area contributed by atoms with Gasteiger partial charge in [-0.05, 0) is 26.8 Å². The number of hydrogen-bond donors (Lipinski definition) is 2. The molecule has 2 N–H and O–H groups in total. The number of benzene rings is 1. The molecule has 0 saturated carbocycles.